The summed E-state index contributed by atoms with van der Waals surface area (Å²) in [5.41, 5.74) is 3.20. The van der Waals surface area contributed by atoms with Crippen molar-refractivity contribution in [3.8, 4) is 0 Å². The van der Waals surface area contributed by atoms with E-state index in [4.69, 9.17) is 0 Å². The second-order valence-corrected chi connectivity index (χ2v) is 7.85. The van der Waals surface area contributed by atoms with Crippen LogP contribution in [-0.2, 0) is 5.41 Å². The minimum Gasteiger partial charge on any atom is -0.395 e. The van der Waals surface area contributed by atoms with Gasteiger partial charge in [0.1, 0.15) is 0 Å². The summed E-state index contributed by atoms with van der Waals surface area (Å²) in [6.45, 7) is 4.54. The van der Waals surface area contributed by atoms with E-state index in [2.05, 4.69) is 26.0 Å². The fourth-order valence-electron chi connectivity index (χ4n) is 4.37. The van der Waals surface area contributed by atoms with Crippen LogP contribution in [-0.4, -0.2) is 22.9 Å². The third-order valence-corrected chi connectivity index (χ3v) is 5.94. The zero-order valence-corrected chi connectivity index (χ0v) is 16.8. The molecule has 0 aliphatic heterocycles. The highest BCUT2D eigenvalue weighted by molar-refractivity contribution is 5.64. The molecule has 1 aliphatic rings. The van der Waals surface area contributed by atoms with Crippen LogP contribution in [0.5, 0.6) is 0 Å². The maximum atomic E-state index is 10.9. The van der Waals surface area contributed by atoms with Crippen LogP contribution in [0.25, 0.3) is 0 Å². The Bertz CT molecular complexity index is 549. The van der Waals surface area contributed by atoms with Crippen LogP contribution < -0.4 is 0 Å². The number of rotatable bonds is 14. The Balaban J connectivity index is 2.04. The van der Waals surface area contributed by atoms with Crippen LogP contribution >= 0.6 is 0 Å². The Morgan fingerprint density at radius 1 is 0.846 bits per heavy atom. The van der Waals surface area contributed by atoms with Crippen LogP contribution in [0.1, 0.15) is 90.0 Å². The van der Waals surface area contributed by atoms with Gasteiger partial charge in [-0.25, -0.2) is 0 Å². The molecule has 2 nitrogen and oxygen atoms in total. The van der Waals surface area contributed by atoms with Crippen molar-refractivity contribution in [3.05, 3.63) is 47.0 Å². The third kappa shape index (κ3) is 4.98. The van der Waals surface area contributed by atoms with Crippen molar-refractivity contribution in [2.24, 2.45) is 0 Å². The lowest BCUT2D eigenvalue weighted by atomic mass is 9.86. The van der Waals surface area contributed by atoms with Gasteiger partial charge in [-0.2, -0.15) is 0 Å². The molecule has 146 valence electrons. The van der Waals surface area contributed by atoms with Gasteiger partial charge in [-0.15, -0.1) is 0 Å². The van der Waals surface area contributed by atoms with E-state index in [1.54, 1.807) is 0 Å². The minimum absolute atomic E-state index is 0.0857. The summed E-state index contributed by atoms with van der Waals surface area (Å²) < 4.78 is 0. The number of unbranched alkanes of at least 4 members (excludes halogenated alkanes) is 7. The van der Waals surface area contributed by atoms with E-state index in [0.717, 1.165) is 36.8 Å². The van der Waals surface area contributed by atoms with E-state index in [-0.39, 0.29) is 12.0 Å². The summed E-state index contributed by atoms with van der Waals surface area (Å²) in [6, 6.07) is 10.3. The molecule has 0 heterocycles. The van der Waals surface area contributed by atoms with E-state index in [1.165, 1.54) is 50.5 Å². The summed E-state index contributed by atoms with van der Waals surface area (Å²) in [7, 11) is 0. The first-order valence-electron chi connectivity index (χ1n) is 10.8. The molecule has 2 rings (SSSR count). The summed E-state index contributed by atoms with van der Waals surface area (Å²) in [5.74, 6) is 0. The maximum Gasteiger partial charge on any atom is 0.0765 e. The van der Waals surface area contributed by atoms with E-state index < -0.39 is 6.10 Å². The zero-order chi connectivity index (χ0) is 18.8. The van der Waals surface area contributed by atoms with Gasteiger partial charge in [-0.05, 0) is 30.4 Å². The quantitative estimate of drug-likeness (QED) is 0.320. The van der Waals surface area contributed by atoms with Gasteiger partial charge in [-0.1, -0.05) is 101 Å². The summed E-state index contributed by atoms with van der Waals surface area (Å²) >= 11 is 0. The third-order valence-electron chi connectivity index (χ3n) is 5.94. The molecular formula is C24H38O2. The first-order valence-corrected chi connectivity index (χ1v) is 10.8. The van der Waals surface area contributed by atoms with Gasteiger partial charge in [0.05, 0.1) is 18.1 Å². The van der Waals surface area contributed by atoms with Crippen LogP contribution in [0.4, 0.5) is 0 Å². The van der Waals surface area contributed by atoms with Gasteiger partial charge in [-0.3, -0.25) is 0 Å². The van der Waals surface area contributed by atoms with Crippen molar-refractivity contribution in [1.29, 1.82) is 0 Å². The first-order chi connectivity index (χ1) is 12.7. The van der Waals surface area contributed by atoms with Crippen LogP contribution in [0, 0.1) is 0 Å². The molecule has 2 N–H and O–H groups in total. The monoisotopic (exact) mass is 358 g/mol. The van der Waals surface area contributed by atoms with Crippen LogP contribution in [0.15, 0.2) is 41.5 Å². The van der Waals surface area contributed by atoms with Crippen LogP contribution in [0.2, 0.25) is 0 Å². The van der Waals surface area contributed by atoms with E-state index in [1.807, 2.05) is 18.2 Å². The lowest BCUT2D eigenvalue weighted by molar-refractivity contribution is 0.182. The molecule has 0 saturated carbocycles. The Labute approximate surface area is 160 Å². The maximum absolute atomic E-state index is 10.9. The van der Waals surface area contributed by atoms with Gasteiger partial charge in [0.15, 0.2) is 0 Å². The topological polar surface area (TPSA) is 40.5 Å². The molecule has 0 amide bonds. The Kier molecular flexibility index (Phi) is 8.87. The number of benzene rings is 1. The second kappa shape index (κ2) is 10.9. The molecule has 0 bridgehead atoms. The van der Waals surface area contributed by atoms with Crippen molar-refractivity contribution in [2.75, 3.05) is 6.61 Å². The minimum atomic E-state index is -0.398. The Morgan fingerprint density at radius 3 is 2.08 bits per heavy atom. The molecule has 0 aromatic heterocycles. The second-order valence-electron chi connectivity index (χ2n) is 7.85. The highest BCUT2D eigenvalue weighted by atomic mass is 16.3. The molecule has 26 heavy (non-hydrogen) atoms. The Morgan fingerprint density at radius 2 is 1.46 bits per heavy atom. The average molecular weight is 359 g/mol. The van der Waals surface area contributed by atoms with Gasteiger partial charge in [0.25, 0.3) is 0 Å². The molecule has 2 atom stereocenters. The Hall–Kier alpha value is -1.12. The number of hydrogen-bond acceptors (Lipinski definition) is 2. The van der Waals surface area contributed by atoms with Crippen molar-refractivity contribution in [2.45, 2.75) is 96.0 Å². The van der Waals surface area contributed by atoms with E-state index in [9.17, 15) is 10.2 Å². The molecule has 0 fully saturated rings. The first kappa shape index (κ1) is 21.2. The van der Waals surface area contributed by atoms with E-state index in [0.29, 0.717) is 0 Å². The SMILES string of the molecule is CCCCCCCC(O)C1=C(CCCCCC)C1(CO)c1ccccc1. The molecule has 0 spiro atoms. The van der Waals surface area contributed by atoms with Crippen LogP contribution in [0.3, 0.4) is 0 Å². The fourth-order valence-corrected chi connectivity index (χ4v) is 4.37. The predicted octanol–water partition coefficient (Wildman–Crippen LogP) is 5.92. The predicted molar refractivity (Wildman–Crippen MR) is 110 cm³/mol. The molecule has 2 unspecified atom stereocenters. The zero-order valence-electron chi connectivity index (χ0n) is 16.8. The lowest BCUT2D eigenvalue weighted by Crippen LogP contribution is -2.23. The summed E-state index contributed by atoms with van der Waals surface area (Å²) in [5, 5.41) is 21.2. The smallest absolute Gasteiger partial charge is 0.0765 e. The van der Waals surface area contributed by atoms with Crippen molar-refractivity contribution in [1.82, 2.24) is 0 Å². The highest BCUT2D eigenvalue weighted by Gasteiger charge is 2.55. The largest absolute Gasteiger partial charge is 0.395 e. The highest BCUT2D eigenvalue weighted by Crippen LogP contribution is 2.58. The van der Waals surface area contributed by atoms with E-state index >= 15 is 0 Å². The lowest BCUT2D eigenvalue weighted by Gasteiger charge is -2.21. The van der Waals surface area contributed by atoms with Crippen molar-refractivity contribution in [3.63, 3.8) is 0 Å². The normalized spacial score (nSPS) is 20.5. The van der Waals surface area contributed by atoms with Gasteiger partial charge in [0, 0.05) is 0 Å². The molecular weight excluding hydrogens is 320 g/mol. The number of hydrogen-bond donors (Lipinski definition) is 2. The van der Waals surface area contributed by atoms with Gasteiger partial charge in [0.2, 0.25) is 0 Å². The molecule has 1 aromatic carbocycles. The number of aliphatic hydroxyl groups excluding tert-OH is 2. The molecule has 1 aliphatic carbocycles. The molecule has 0 radical (unpaired) electrons. The van der Waals surface area contributed by atoms with Crippen molar-refractivity contribution < 1.29 is 10.2 Å². The average Bonchev–Trinajstić information content (AvgIpc) is 3.34. The van der Waals surface area contributed by atoms with Gasteiger partial charge >= 0.3 is 0 Å². The summed E-state index contributed by atoms with van der Waals surface area (Å²) in [6.07, 6.45) is 12.4. The standard InChI is InChI=1S/C24H38O2/c1-3-5-7-9-14-18-22(26)23-21(17-13-8-6-4-2)24(23,19-25)20-15-11-10-12-16-20/h10-12,15-16,22,25-26H,3-9,13-14,17-19H2,1-2H3. The fraction of sp³-hybridized carbons (Fsp3) is 0.667. The number of aliphatic hydroxyl groups is 2. The summed E-state index contributed by atoms with van der Waals surface area (Å²) in [4.78, 5) is 0. The molecule has 1 aromatic rings. The molecule has 2 heteroatoms. The molecule has 0 saturated heterocycles. The van der Waals surface area contributed by atoms with Crippen molar-refractivity contribution >= 4 is 0 Å². The van der Waals surface area contributed by atoms with Gasteiger partial charge < -0.3 is 10.2 Å².